The molecule has 1 aliphatic heterocycles. The van der Waals surface area contributed by atoms with Gasteiger partial charge in [0.2, 0.25) is 12.7 Å². The van der Waals surface area contributed by atoms with Gasteiger partial charge in [-0.2, -0.15) is 0 Å². The average Bonchev–Trinajstić information content (AvgIpc) is 3.53. The van der Waals surface area contributed by atoms with E-state index in [0.717, 1.165) is 48.6 Å². The SMILES string of the molecule is O=C(CCc1ccc2c(c1)OCO2)N(Cc1ncc[nH]1)C1CCC(c2ccccc2)CC1. The van der Waals surface area contributed by atoms with E-state index < -0.39 is 0 Å². The third kappa shape index (κ3) is 4.64. The number of aryl methyl sites for hydroxylation is 1. The van der Waals surface area contributed by atoms with E-state index in [1.54, 1.807) is 6.20 Å². The largest absolute Gasteiger partial charge is 0.454 e. The number of amides is 1. The summed E-state index contributed by atoms with van der Waals surface area (Å²) in [6.45, 7) is 0.800. The van der Waals surface area contributed by atoms with E-state index in [-0.39, 0.29) is 18.7 Å². The van der Waals surface area contributed by atoms with Gasteiger partial charge in [0, 0.05) is 24.9 Å². The molecule has 2 aliphatic rings. The van der Waals surface area contributed by atoms with Crippen molar-refractivity contribution in [3.8, 4) is 11.5 Å². The molecule has 0 radical (unpaired) electrons. The maximum absolute atomic E-state index is 13.4. The van der Waals surface area contributed by atoms with Crippen molar-refractivity contribution in [1.82, 2.24) is 14.9 Å². The predicted molar refractivity (Wildman–Crippen MR) is 121 cm³/mol. The van der Waals surface area contributed by atoms with E-state index in [0.29, 0.717) is 25.3 Å². The fourth-order valence-electron chi connectivity index (χ4n) is 4.90. The van der Waals surface area contributed by atoms with Crippen LogP contribution in [-0.4, -0.2) is 33.6 Å². The molecule has 0 atom stereocenters. The Balaban J connectivity index is 1.24. The first-order valence-electron chi connectivity index (χ1n) is 11.5. The van der Waals surface area contributed by atoms with Crippen LogP contribution in [0.15, 0.2) is 60.9 Å². The summed E-state index contributed by atoms with van der Waals surface area (Å²) < 4.78 is 10.9. The number of ether oxygens (including phenoxy) is 2. The maximum atomic E-state index is 13.4. The van der Waals surface area contributed by atoms with Gasteiger partial charge in [0.25, 0.3) is 0 Å². The van der Waals surface area contributed by atoms with Crippen LogP contribution < -0.4 is 9.47 Å². The van der Waals surface area contributed by atoms with Crippen LogP contribution in [0.4, 0.5) is 0 Å². The predicted octanol–water partition coefficient (Wildman–Crippen LogP) is 4.83. The topological polar surface area (TPSA) is 67.5 Å². The fourth-order valence-corrected chi connectivity index (χ4v) is 4.90. The van der Waals surface area contributed by atoms with E-state index in [9.17, 15) is 4.79 Å². The highest BCUT2D eigenvalue weighted by molar-refractivity contribution is 5.76. The van der Waals surface area contributed by atoms with Gasteiger partial charge >= 0.3 is 0 Å². The molecule has 1 N–H and O–H groups in total. The zero-order valence-corrected chi connectivity index (χ0v) is 18.2. The number of carbonyl (C=O) groups excluding carboxylic acids is 1. The first kappa shape index (κ1) is 20.6. The zero-order valence-electron chi connectivity index (χ0n) is 18.2. The highest BCUT2D eigenvalue weighted by atomic mass is 16.7. The van der Waals surface area contributed by atoms with Crippen LogP contribution in [0.3, 0.4) is 0 Å². The van der Waals surface area contributed by atoms with Gasteiger partial charge < -0.3 is 19.4 Å². The van der Waals surface area contributed by atoms with Gasteiger partial charge in [-0.1, -0.05) is 36.4 Å². The van der Waals surface area contributed by atoms with Crippen LogP contribution in [0.25, 0.3) is 0 Å². The molecule has 166 valence electrons. The molecule has 6 nitrogen and oxygen atoms in total. The van der Waals surface area contributed by atoms with Gasteiger partial charge in [-0.25, -0.2) is 4.98 Å². The Labute approximate surface area is 188 Å². The Hall–Kier alpha value is -3.28. The normalized spacial score (nSPS) is 19.6. The minimum atomic E-state index is 0.183. The minimum Gasteiger partial charge on any atom is -0.454 e. The number of nitrogens with one attached hydrogen (secondary N) is 1. The Kier molecular flexibility index (Phi) is 6.10. The molecule has 0 bridgehead atoms. The molecular weight excluding hydrogens is 402 g/mol. The van der Waals surface area contributed by atoms with E-state index in [2.05, 4.69) is 40.3 Å². The monoisotopic (exact) mass is 431 g/mol. The number of aromatic amines is 1. The molecule has 1 amide bonds. The van der Waals surface area contributed by atoms with Gasteiger partial charge in [0.05, 0.1) is 6.54 Å². The third-order valence-electron chi connectivity index (χ3n) is 6.67. The number of hydrogen-bond donors (Lipinski definition) is 1. The smallest absolute Gasteiger partial charge is 0.231 e. The Morgan fingerprint density at radius 3 is 2.62 bits per heavy atom. The lowest BCUT2D eigenvalue weighted by Crippen LogP contribution is -2.42. The molecule has 0 saturated heterocycles. The van der Waals surface area contributed by atoms with Crippen molar-refractivity contribution in [2.75, 3.05) is 6.79 Å². The summed E-state index contributed by atoms with van der Waals surface area (Å²) in [5.74, 6) is 3.15. The van der Waals surface area contributed by atoms with Crippen LogP contribution in [-0.2, 0) is 17.8 Å². The molecule has 5 rings (SSSR count). The number of H-pyrrole nitrogens is 1. The maximum Gasteiger partial charge on any atom is 0.231 e. The van der Waals surface area contributed by atoms with Gasteiger partial charge in [-0.3, -0.25) is 4.79 Å². The quantitative estimate of drug-likeness (QED) is 0.582. The average molecular weight is 432 g/mol. The number of fused-ring (bicyclic) bond motifs is 1. The van der Waals surface area contributed by atoms with Crippen LogP contribution in [0.5, 0.6) is 11.5 Å². The van der Waals surface area contributed by atoms with Crippen molar-refractivity contribution in [2.24, 2.45) is 0 Å². The van der Waals surface area contributed by atoms with E-state index >= 15 is 0 Å². The molecule has 2 heterocycles. The Morgan fingerprint density at radius 2 is 1.84 bits per heavy atom. The highest BCUT2D eigenvalue weighted by Crippen LogP contribution is 2.36. The second kappa shape index (κ2) is 9.47. The van der Waals surface area contributed by atoms with Gasteiger partial charge in [0.15, 0.2) is 11.5 Å². The molecule has 2 aromatic carbocycles. The van der Waals surface area contributed by atoms with Crippen molar-refractivity contribution in [2.45, 2.75) is 57.0 Å². The molecule has 32 heavy (non-hydrogen) atoms. The summed E-state index contributed by atoms with van der Waals surface area (Å²) in [6, 6.07) is 16.9. The molecule has 1 saturated carbocycles. The van der Waals surface area contributed by atoms with Crippen LogP contribution in [0, 0.1) is 0 Å². The number of rotatable bonds is 7. The van der Waals surface area contributed by atoms with E-state index in [4.69, 9.17) is 9.47 Å². The Bertz CT molecular complexity index is 1030. The number of hydrogen-bond acceptors (Lipinski definition) is 4. The first-order chi connectivity index (χ1) is 15.8. The molecule has 1 aliphatic carbocycles. The molecule has 1 fully saturated rings. The summed E-state index contributed by atoms with van der Waals surface area (Å²) in [7, 11) is 0. The molecular formula is C26H29N3O3. The second-order valence-electron chi connectivity index (χ2n) is 8.66. The number of benzene rings is 2. The first-order valence-corrected chi connectivity index (χ1v) is 11.5. The van der Waals surface area contributed by atoms with Crippen LogP contribution in [0.1, 0.15) is 55.0 Å². The van der Waals surface area contributed by atoms with Gasteiger partial charge in [-0.15, -0.1) is 0 Å². The van der Waals surface area contributed by atoms with Gasteiger partial charge in [-0.05, 0) is 61.3 Å². The van der Waals surface area contributed by atoms with Crippen molar-refractivity contribution >= 4 is 5.91 Å². The third-order valence-corrected chi connectivity index (χ3v) is 6.67. The van der Waals surface area contributed by atoms with Crippen molar-refractivity contribution in [3.63, 3.8) is 0 Å². The van der Waals surface area contributed by atoms with Crippen LogP contribution in [0.2, 0.25) is 0 Å². The number of aromatic nitrogens is 2. The summed E-state index contributed by atoms with van der Waals surface area (Å²) >= 11 is 0. The molecule has 1 aromatic heterocycles. The lowest BCUT2D eigenvalue weighted by Gasteiger charge is -2.37. The Morgan fingerprint density at radius 1 is 1.03 bits per heavy atom. The van der Waals surface area contributed by atoms with Gasteiger partial charge in [0.1, 0.15) is 5.82 Å². The molecule has 0 spiro atoms. The van der Waals surface area contributed by atoms with E-state index in [1.165, 1.54) is 5.56 Å². The summed E-state index contributed by atoms with van der Waals surface area (Å²) in [6.07, 6.45) is 8.99. The summed E-state index contributed by atoms with van der Waals surface area (Å²) in [4.78, 5) is 22.9. The standard InChI is InChI=1S/C26H29N3O3/c30-26(13-7-19-6-12-23-24(16-19)32-18-31-23)29(17-25-27-14-15-28-25)22-10-8-21(9-11-22)20-4-2-1-3-5-20/h1-6,12,14-16,21-22H,7-11,13,17-18H2,(H,27,28). The number of imidazole rings is 1. The van der Waals surface area contributed by atoms with Crippen molar-refractivity contribution in [1.29, 1.82) is 0 Å². The van der Waals surface area contributed by atoms with Crippen LogP contribution >= 0.6 is 0 Å². The van der Waals surface area contributed by atoms with E-state index in [1.807, 2.05) is 29.3 Å². The minimum absolute atomic E-state index is 0.183. The van der Waals surface area contributed by atoms with Crippen molar-refractivity contribution in [3.05, 3.63) is 77.9 Å². The second-order valence-corrected chi connectivity index (χ2v) is 8.66. The molecule has 6 heteroatoms. The highest BCUT2D eigenvalue weighted by Gasteiger charge is 2.30. The summed E-state index contributed by atoms with van der Waals surface area (Å²) in [5, 5.41) is 0. The summed E-state index contributed by atoms with van der Waals surface area (Å²) in [5.41, 5.74) is 2.51. The lowest BCUT2D eigenvalue weighted by molar-refractivity contribution is -0.135. The number of nitrogens with zero attached hydrogens (tertiary/aromatic N) is 2. The molecule has 0 unspecified atom stereocenters. The van der Waals surface area contributed by atoms with Crippen molar-refractivity contribution < 1.29 is 14.3 Å². The fraction of sp³-hybridized carbons (Fsp3) is 0.385. The molecule has 3 aromatic rings. The zero-order chi connectivity index (χ0) is 21.8. The number of carbonyl (C=O) groups is 1. The lowest BCUT2D eigenvalue weighted by atomic mass is 9.81.